The zero-order valence-corrected chi connectivity index (χ0v) is 10.5. The Labute approximate surface area is 111 Å². The van der Waals surface area contributed by atoms with Crippen LogP contribution in [0, 0.1) is 17.1 Å². The molecule has 2 rings (SSSR count). The highest BCUT2D eigenvalue weighted by Gasteiger charge is 2.05. The second-order valence-electron chi connectivity index (χ2n) is 4.02. The molecule has 1 N–H and O–H groups in total. The summed E-state index contributed by atoms with van der Waals surface area (Å²) in [6.07, 6.45) is 0. The van der Waals surface area contributed by atoms with Crippen molar-refractivity contribution >= 4 is 11.4 Å². The van der Waals surface area contributed by atoms with E-state index in [4.69, 9.17) is 10.00 Å². The number of para-hydroxylation sites is 1. The summed E-state index contributed by atoms with van der Waals surface area (Å²) in [7, 11) is 1.62. The van der Waals surface area contributed by atoms with E-state index in [0.29, 0.717) is 12.3 Å². The van der Waals surface area contributed by atoms with Gasteiger partial charge in [0.05, 0.1) is 12.2 Å². The van der Waals surface area contributed by atoms with E-state index in [2.05, 4.69) is 5.32 Å². The lowest BCUT2D eigenvalue weighted by atomic mass is 10.1. The zero-order valence-electron chi connectivity index (χ0n) is 10.5. The smallest absolute Gasteiger partial charge is 0.143 e. The number of ether oxygens (including phenoxy) is 1. The Balaban J connectivity index is 2.26. The number of methoxy groups -OCH3 is 1. The molecule has 0 heterocycles. The van der Waals surface area contributed by atoms with Gasteiger partial charge in [-0.05, 0) is 24.3 Å². The monoisotopic (exact) mass is 256 g/mol. The standard InChI is InChI=1S/C15H13FN2O/c1-19-10-12-4-2-3-5-15(12)18-13-7-6-11(9-17)14(16)8-13/h2-8,18H,10H2,1H3. The van der Waals surface area contributed by atoms with Crippen molar-refractivity contribution in [3.8, 4) is 6.07 Å². The maximum Gasteiger partial charge on any atom is 0.143 e. The lowest BCUT2D eigenvalue weighted by Crippen LogP contribution is -1.98. The van der Waals surface area contributed by atoms with Crippen LogP contribution in [-0.4, -0.2) is 7.11 Å². The van der Waals surface area contributed by atoms with Crippen LogP contribution in [-0.2, 0) is 11.3 Å². The third-order valence-corrected chi connectivity index (χ3v) is 2.69. The van der Waals surface area contributed by atoms with Gasteiger partial charge in [-0.3, -0.25) is 0 Å². The van der Waals surface area contributed by atoms with Crippen molar-refractivity contribution in [2.75, 3.05) is 12.4 Å². The number of rotatable bonds is 4. The number of nitriles is 1. The van der Waals surface area contributed by atoms with Crippen LogP contribution >= 0.6 is 0 Å². The third-order valence-electron chi connectivity index (χ3n) is 2.69. The molecule has 19 heavy (non-hydrogen) atoms. The molecule has 0 aromatic heterocycles. The van der Waals surface area contributed by atoms with Crippen LogP contribution in [0.15, 0.2) is 42.5 Å². The Morgan fingerprint density at radius 2 is 2.05 bits per heavy atom. The van der Waals surface area contributed by atoms with Gasteiger partial charge in [-0.15, -0.1) is 0 Å². The Morgan fingerprint density at radius 1 is 1.26 bits per heavy atom. The predicted molar refractivity (Wildman–Crippen MR) is 71.6 cm³/mol. The molecule has 0 aliphatic heterocycles. The van der Waals surface area contributed by atoms with Crippen LogP contribution in [0.5, 0.6) is 0 Å². The quantitative estimate of drug-likeness (QED) is 0.909. The molecule has 2 aromatic carbocycles. The first-order chi connectivity index (χ1) is 9.24. The van der Waals surface area contributed by atoms with Gasteiger partial charge < -0.3 is 10.1 Å². The molecule has 0 spiro atoms. The largest absolute Gasteiger partial charge is 0.380 e. The van der Waals surface area contributed by atoms with E-state index in [0.717, 1.165) is 11.3 Å². The average molecular weight is 256 g/mol. The minimum Gasteiger partial charge on any atom is -0.380 e. The van der Waals surface area contributed by atoms with Gasteiger partial charge in [-0.2, -0.15) is 5.26 Å². The Morgan fingerprint density at radius 3 is 2.74 bits per heavy atom. The van der Waals surface area contributed by atoms with Gasteiger partial charge in [-0.25, -0.2) is 4.39 Å². The molecule has 96 valence electrons. The number of anilines is 2. The number of hydrogen-bond donors (Lipinski definition) is 1. The molecular formula is C15H13FN2O. The van der Waals surface area contributed by atoms with Gasteiger partial charge >= 0.3 is 0 Å². The van der Waals surface area contributed by atoms with Crippen molar-refractivity contribution < 1.29 is 9.13 Å². The third kappa shape index (κ3) is 3.09. The summed E-state index contributed by atoms with van der Waals surface area (Å²) in [6.45, 7) is 0.474. The van der Waals surface area contributed by atoms with E-state index >= 15 is 0 Å². The Hall–Kier alpha value is -2.38. The van der Waals surface area contributed by atoms with Crippen LogP contribution in [0.3, 0.4) is 0 Å². The van der Waals surface area contributed by atoms with E-state index in [9.17, 15) is 4.39 Å². The van der Waals surface area contributed by atoms with Crippen molar-refractivity contribution in [2.24, 2.45) is 0 Å². The highest BCUT2D eigenvalue weighted by Crippen LogP contribution is 2.22. The molecular weight excluding hydrogens is 243 g/mol. The summed E-state index contributed by atoms with van der Waals surface area (Å²) in [5.74, 6) is -0.531. The molecule has 0 bridgehead atoms. The molecule has 0 fully saturated rings. The van der Waals surface area contributed by atoms with Gasteiger partial charge in [0.25, 0.3) is 0 Å². The van der Waals surface area contributed by atoms with Crippen molar-refractivity contribution in [3.05, 3.63) is 59.4 Å². The number of hydrogen-bond acceptors (Lipinski definition) is 3. The molecule has 0 aliphatic rings. The van der Waals surface area contributed by atoms with Crippen molar-refractivity contribution in [1.29, 1.82) is 5.26 Å². The maximum absolute atomic E-state index is 13.5. The second kappa shape index (κ2) is 5.98. The molecule has 0 saturated heterocycles. The van der Waals surface area contributed by atoms with Crippen molar-refractivity contribution in [1.82, 2.24) is 0 Å². The summed E-state index contributed by atoms with van der Waals surface area (Å²) in [6, 6.07) is 13.9. The second-order valence-corrected chi connectivity index (χ2v) is 4.02. The normalized spacial score (nSPS) is 9.95. The van der Waals surface area contributed by atoms with Gasteiger partial charge in [-0.1, -0.05) is 18.2 Å². The molecule has 3 nitrogen and oxygen atoms in total. The molecule has 2 aromatic rings. The van der Waals surface area contributed by atoms with E-state index in [1.807, 2.05) is 24.3 Å². The van der Waals surface area contributed by atoms with Gasteiger partial charge in [0, 0.05) is 24.0 Å². The first-order valence-corrected chi connectivity index (χ1v) is 5.78. The molecule has 4 heteroatoms. The van der Waals surface area contributed by atoms with E-state index in [-0.39, 0.29) is 5.56 Å². The maximum atomic E-state index is 13.5. The fourth-order valence-corrected chi connectivity index (χ4v) is 1.76. The first kappa shape index (κ1) is 13.1. The van der Waals surface area contributed by atoms with Gasteiger partial charge in [0.2, 0.25) is 0 Å². The molecule has 0 saturated carbocycles. The highest BCUT2D eigenvalue weighted by molar-refractivity contribution is 5.63. The van der Waals surface area contributed by atoms with Crippen LogP contribution in [0.4, 0.5) is 15.8 Å². The molecule has 0 aliphatic carbocycles. The molecule has 0 atom stereocenters. The van der Waals surface area contributed by atoms with E-state index in [1.54, 1.807) is 19.2 Å². The summed E-state index contributed by atoms with van der Waals surface area (Å²) in [5, 5.41) is 11.8. The number of halogens is 1. The van der Waals surface area contributed by atoms with Crippen LogP contribution in [0.1, 0.15) is 11.1 Å². The highest BCUT2D eigenvalue weighted by atomic mass is 19.1. The number of benzene rings is 2. The lowest BCUT2D eigenvalue weighted by molar-refractivity contribution is 0.185. The van der Waals surface area contributed by atoms with E-state index in [1.165, 1.54) is 12.1 Å². The summed E-state index contributed by atoms with van der Waals surface area (Å²) in [5.41, 5.74) is 2.47. The fourth-order valence-electron chi connectivity index (χ4n) is 1.76. The van der Waals surface area contributed by atoms with Crippen molar-refractivity contribution in [2.45, 2.75) is 6.61 Å². The molecule has 0 amide bonds. The fraction of sp³-hybridized carbons (Fsp3) is 0.133. The SMILES string of the molecule is COCc1ccccc1Nc1ccc(C#N)c(F)c1. The van der Waals surface area contributed by atoms with Crippen LogP contribution in [0.2, 0.25) is 0 Å². The Bertz CT molecular complexity index is 620. The van der Waals surface area contributed by atoms with Crippen LogP contribution in [0.25, 0.3) is 0 Å². The number of nitrogens with zero attached hydrogens (tertiary/aromatic N) is 1. The van der Waals surface area contributed by atoms with Crippen LogP contribution < -0.4 is 5.32 Å². The minimum absolute atomic E-state index is 0.0377. The summed E-state index contributed by atoms with van der Waals surface area (Å²) < 4.78 is 18.6. The topological polar surface area (TPSA) is 45.0 Å². The minimum atomic E-state index is -0.531. The average Bonchev–Trinajstić information content (AvgIpc) is 2.41. The summed E-state index contributed by atoms with van der Waals surface area (Å²) >= 11 is 0. The molecule has 0 radical (unpaired) electrons. The van der Waals surface area contributed by atoms with Gasteiger partial charge in [0.1, 0.15) is 11.9 Å². The Kier molecular flexibility index (Phi) is 4.11. The van der Waals surface area contributed by atoms with E-state index < -0.39 is 5.82 Å². The summed E-state index contributed by atoms with van der Waals surface area (Å²) in [4.78, 5) is 0. The van der Waals surface area contributed by atoms with Crippen molar-refractivity contribution in [3.63, 3.8) is 0 Å². The zero-order chi connectivity index (χ0) is 13.7. The number of nitrogens with one attached hydrogen (secondary N) is 1. The van der Waals surface area contributed by atoms with Gasteiger partial charge in [0.15, 0.2) is 0 Å². The molecule has 0 unspecified atom stereocenters. The lowest BCUT2D eigenvalue weighted by Gasteiger charge is -2.11. The predicted octanol–water partition coefficient (Wildman–Crippen LogP) is 3.59. The first-order valence-electron chi connectivity index (χ1n) is 5.78.